The zero-order valence-electron chi connectivity index (χ0n) is 17.5. The molecule has 160 valence electrons. The molecule has 0 saturated carbocycles. The lowest BCUT2D eigenvalue weighted by Gasteiger charge is -2.16. The highest BCUT2D eigenvalue weighted by Gasteiger charge is 2.22. The van der Waals surface area contributed by atoms with Crippen molar-refractivity contribution in [3.8, 4) is 17.2 Å². The smallest absolute Gasteiger partial charge is 0.259 e. The molecule has 3 rings (SSSR count). The van der Waals surface area contributed by atoms with Gasteiger partial charge in [0, 0.05) is 18.9 Å². The summed E-state index contributed by atoms with van der Waals surface area (Å²) in [5.41, 5.74) is 1.81. The maximum absolute atomic E-state index is 13.0. The number of aromatic nitrogens is 1. The lowest BCUT2D eigenvalue weighted by molar-refractivity contribution is 0.0951. The van der Waals surface area contributed by atoms with Gasteiger partial charge >= 0.3 is 0 Å². The highest BCUT2D eigenvalue weighted by atomic mass is 16.5. The van der Waals surface area contributed by atoms with Crippen LogP contribution >= 0.6 is 0 Å². The number of pyridine rings is 1. The molecule has 2 amide bonds. The maximum atomic E-state index is 13.0. The molecule has 8 nitrogen and oxygen atoms in total. The number of rotatable bonds is 8. The van der Waals surface area contributed by atoms with Gasteiger partial charge in [0.25, 0.3) is 11.8 Å². The number of carbonyl (C=O) groups excluding carboxylic acids is 2. The van der Waals surface area contributed by atoms with Crippen LogP contribution in [0.25, 0.3) is 0 Å². The summed E-state index contributed by atoms with van der Waals surface area (Å²) in [6.45, 7) is 0.318. The fourth-order valence-electron chi connectivity index (χ4n) is 3.04. The monoisotopic (exact) mass is 421 g/mol. The summed E-state index contributed by atoms with van der Waals surface area (Å²) in [4.78, 5) is 29.7. The number of methoxy groups -OCH3 is 3. The first-order valence-electron chi connectivity index (χ1n) is 9.45. The molecule has 1 heterocycles. The van der Waals surface area contributed by atoms with Gasteiger partial charge in [-0.3, -0.25) is 14.6 Å². The van der Waals surface area contributed by atoms with Crippen molar-refractivity contribution in [3.63, 3.8) is 0 Å². The third-order valence-corrected chi connectivity index (χ3v) is 4.54. The van der Waals surface area contributed by atoms with E-state index >= 15 is 0 Å². The Hall–Kier alpha value is -4.07. The number of anilines is 1. The second kappa shape index (κ2) is 10.1. The molecule has 2 N–H and O–H groups in total. The number of ether oxygens (including phenoxy) is 3. The Morgan fingerprint density at radius 1 is 0.839 bits per heavy atom. The summed E-state index contributed by atoms with van der Waals surface area (Å²) >= 11 is 0. The van der Waals surface area contributed by atoms with Crippen LogP contribution in [0.3, 0.4) is 0 Å². The molecule has 0 aliphatic rings. The third kappa shape index (κ3) is 4.92. The van der Waals surface area contributed by atoms with E-state index < -0.39 is 5.91 Å². The molecule has 0 bridgehead atoms. The molecule has 31 heavy (non-hydrogen) atoms. The van der Waals surface area contributed by atoms with E-state index in [0.29, 0.717) is 29.3 Å². The van der Waals surface area contributed by atoms with Crippen molar-refractivity contribution in [2.45, 2.75) is 6.54 Å². The fraction of sp³-hybridized carbons (Fsp3) is 0.174. The van der Waals surface area contributed by atoms with Gasteiger partial charge in [0.1, 0.15) is 0 Å². The first-order chi connectivity index (χ1) is 15.1. The average molecular weight is 421 g/mol. The average Bonchev–Trinajstić information content (AvgIpc) is 2.82. The van der Waals surface area contributed by atoms with E-state index in [1.807, 2.05) is 6.07 Å². The van der Waals surface area contributed by atoms with E-state index in [2.05, 4.69) is 15.6 Å². The van der Waals surface area contributed by atoms with Crippen LogP contribution in [-0.4, -0.2) is 38.1 Å². The molecule has 0 saturated heterocycles. The van der Waals surface area contributed by atoms with Gasteiger partial charge in [-0.2, -0.15) is 0 Å². The Bertz CT molecular complexity index is 1070. The molecule has 0 spiro atoms. The van der Waals surface area contributed by atoms with E-state index in [-0.39, 0.29) is 17.2 Å². The van der Waals surface area contributed by atoms with E-state index in [4.69, 9.17) is 14.2 Å². The van der Waals surface area contributed by atoms with E-state index in [1.165, 1.54) is 21.3 Å². The Morgan fingerprint density at radius 2 is 1.61 bits per heavy atom. The van der Waals surface area contributed by atoms with Crippen molar-refractivity contribution in [2.24, 2.45) is 0 Å². The van der Waals surface area contributed by atoms with Gasteiger partial charge in [0.15, 0.2) is 11.5 Å². The Labute approximate surface area is 180 Å². The highest BCUT2D eigenvalue weighted by Crippen LogP contribution is 2.40. The number of nitrogens with one attached hydrogen (secondary N) is 2. The summed E-state index contributed by atoms with van der Waals surface area (Å²) in [7, 11) is 4.40. The number of hydrogen-bond donors (Lipinski definition) is 2. The van der Waals surface area contributed by atoms with Gasteiger partial charge in [0.2, 0.25) is 5.75 Å². The summed E-state index contributed by atoms with van der Waals surface area (Å²) < 4.78 is 16.0. The third-order valence-electron chi connectivity index (χ3n) is 4.54. The number of benzene rings is 2. The van der Waals surface area contributed by atoms with Crippen LogP contribution in [0.4, 0.5) is 5.69 Å². The van der Waals surface area contributed by atoms with E-state index in [9.17, 15) is 9.59 Å². The van der Waals surface area contributed by atoms with Gasteiger partial charge in [-0.05, 0) is 35.9 Å². The zero-order valence-corrected chi connectivity index (χ0v) is 17.5. The van der Waals surface area contributed by atoms with Gasteiger partial charge in [-0.15, -0.1) is 0 Å². The first-order valence-corrected chi connectivity index (χ1v) is 9.45. The molecule has 0 atom stereocenters. The number of amides is 2. The number of para-hydroxylation sites is 1. The van der Waals surface area contributed by atoms with Crippen LogP contribution in [0.1, 0.15) is 26.3 Å². The van der Waals surface area contributed by atoms with Crippen molar-refractivity contribution < 1.29 is 23.8 Å². The molecule has 2 aromatic carbocycles. The highest BCUT2D eigenvalue weighted by molar-refractivity contribution is 6.10. The lowest BCUT2D eigenvalue weighted by atomic mass is 10.1. The van der Waals surface area contributed by atoms with Gasteiger partial charge in [0.05, 0.1) is 38.1 Å². The van der Waals surface area contributed by atoms with Crippen LogP contribution in [0, 0.1) is 0 Å². The Morgan fingerprint density at radius 3 is 2.29 bits per heavy atom. The zero-order chi connectivity index (χ0) is 22.2. The van der Waals surface area contributed by atoms with E-state index in [0.717, 1.165) is 5.56 Å². The van der Waals surface area contributed by atoms with Gasteiger partial charge in [-0.1, -0.05) is 18.2 Å². The molecular weight excluding hydrogens is 398 g/mol. The standard InChI is InChI=1S/C23H23N3O5/c1-29-19-11-10-17(20(30-2)21(19)31-3)23(28)26-18-9-5-4-8-16(18)22(27)25-14-15-7-6-12-24-13-15/h4-13H,14H2,1-3H3,(H,25,27)(H,26,28). The minimum absolute atomic E-state index is 0.234. The molecule has 0 aliphatic carbocycles. The van der Waals surface area contributed by atoms with Crippen molar-refractivity contribution in [3.05, 3.63) is 77.6 Å². The predicted octanol–water partition coefficient (Wildman–Crippen LogP) is 3.29. The van der Waals surface area contributed by atoms with Gasteiger partial charge < -0.3 is 24.8 Å². The quantitative estimate of drug-likeness (QED) is 0.579. The minimum atomic E-state index is -0.453. The molecule has 0 fully saturated rings. The number of carbonyl (C=O) groups is 2. The second-order valence-corrected chi connectivity index (χ2v) is 6.43. The first kappa shape index (κ1) is 21.6. The second-order valence-electron chi connectivity index (χ2n) is 6.43. The predicted molar refractivity (Wildman–Crippen MR) is 116 cm³/mol. The summed E-state index contributed by atoms with van der Waals surface area (Å²) in [6, 6.07) is 13.6. The van der Waals surface area contributed by atoms with Crippen molar-refractivity contribution in [1.82, 2.24) is 10.3 Å². The van der Waals surface area contributed by atoms with Crippen LogP contribution in [-0.2, 0) is 6.54 Å². The minimum Gasteiger partial charge on any atom is -0.493 e. The van der Waals surface area contributed by atoms with Crippen molar-refractivity contribution in [2.75, 3.05) is 26.6 Å². The van der Waals surface area contributed by atoms with Crippen molar-refractivity contribution in [1.29, 1.82) is 0 Å². The van der Waals surface area contributed by atoms with Crippen molar-refractivity contribution >= 4 is 17.5 Å². The van der Waals surface area contributed by atoms with Crippen LogP contribution in [0.2, 0.25) is 0 Å². The normalized spacial score (nSPS) is 10.2. The summed E-state index contributed by atoms with van der Waals surface area (Å²) in [6.07, 6.45) is 3.34. The largest absolute Gasteiger partial charge is 0.493 e. The molecule has 0 unspecified atom stereocenters. The van der Waals surface area contributed by atoms with Crippen LogP contribution in [0.15, 0.2) is 60.9 Å². The Kier molecular flexibility index (Phi) is 7.05. The summed E-state index contributed by atoms with van der Waals surface area (Å²) in [5.74, 6) is 0.202. The molecule has 0 radical (unpaired) electrons. The maximum Gasteiger partial charge on any atom is 0.259 e. The molecule has 3 aromatic rings. The van der Waals surface area contributed by atoms with E-state index in [1.54, 1.807) is 54.9 Å². The van der Waals surface area contributed by atoms with Crippen LogP contribution in [0.5, 0.6) is 17.2 Å². The number of nitrogens with zero attached hydrogens (tertiary/aromatic N) is 1. The topological polar surface area (TPSA) is 98.8 Å². The molecular formula is C23H23N3O5. The fourth-order valence-corrected chi connectivity index (χ4v) is 3.04. The molecule has 8 heteroatoms. The van der Waals surface area contributed by atoms with Crippen LogP contribution < -0.4 is 24.8 Å². The summed E-state index contributed by atoms with van der Waals surface area (Å²) in [5, 5.41) is 5.61. The number of hydrogen-bond acceptors (Lipinski definition) is 6. The Balaban J connectivity index is 1.82. The SMILES string of the molecule is COc1ccc(C(=O)Nc2ccccc2C(=O)NCc2cccnc2)c(OC)c1OC. The lowest BCUT2D eigenvalue weighted by Crippen LogP contribution is -2.25. The molecule has 0 aliphatic heterocycles. The van der Waals surface area contributed by atoms with Gasteiger partial charge in [-0.25, -0.2) is 0 Å². The molecule has 1 aromatic heterocycles.